The van der Waals surface area contributed by atoms with Gasteiger partial charge in [-0.25, -0.2) is 9.07 Å². The van der Waals surface area contributed by atoms with Crippen molar-refractivity contribution in [1.29, 1.82) is 0 Å². The number of nitrogens with one attached hydrogen (secondary N) is 2. The molecule has 4 aromatic rings. The number of halogens is 4. The molecule has 11 nitrogen and oxygen atoms in total. The molecule has 0 spiro atoms. The predicted molar refractivity (Wildman–Crippen MR) is 132 cm³/mol. The molecule has 40 heavy (non-hydrogen) atoms. The van der Waals surface area contributed by atoms with E-state index in [-0.39, 0.29) is 43.1 Å². The number of carbonyl (C=O) groups excluding carboxylic acids is 2. The Labute approximate surface area is 225 Å². The van der Waals surface area contributed by atoms with Crippen LogP contribution in [-0.4, -0.2) is 53.0 Å². The van der Waals surface area contributed by atoms with Crippen molar-refractivity contribution in [2.75, 3.05) is 0 Å². The van der Waals surface area contributed by atoms with Crippen LogP contribution in [0.4, 0.5) is 17.6 Å². The summed E-state index contributed by atoms with van der Waals surface area (Å²) in [6.45, 7) is 1.98. The van der Waals surface area contributed by atoms with E-state index in [0.717, 1.165) is 34.1 Å². The van der Waals surface area contributed by atoms with Crippen molar-refractivity contribution in [2.45, 2.75) is 51.9 Å². The minimum Gasteiger partial charge on any atom is -0.347 e. The Balaban J connectivity index is 1.21. The van der Waals surface area contributed by atoms with Crippen LogP contribution in [0.5, 0.6) is 0 Å². The lowest BCUT2D eigenvalue weighted by Crippen LogP contribution is -2.24. The van der Waals surface area contributed by atoms with E-state index in [0.29, 0.717) is 6.54 Å². The molecule has 2 amide bonds. The molecule has 1 unspecified atom stereocenters. The zero-order valence-corrected chi connectivity index (χ0v) is 21.3. The highest BCUT2D eigenvalue weighted by Crippen LogP contribution is 2.28. The maximum Gasteiger partial charge on any atom is 0.416 e. The van der Waals surface area contributed by atoms with Crippen LogP contribution in [0.15, 0.2) is 55.0 Å². The van der Waals surface area contributed by atoms with Gasteiger partial charge in [0.2, 0.25) is 0 Å². The SMILES string of the molecule is Cc1cccc(CNC(=O)c2cn(CCC(F)Cn3cc(C(=O)NCc4cc(C(F)(F)F)ccn4)nn3)nn2)c1. The van der Waals surface area contributed by atoms with Crippen molar-refractivity contribution in [2.24, 2.45) is 0 Å². The normalized spacial score (nSPS) is 12.2. The van der Waals surface area contributed by atoms with Gasteiger partial charge < -0.3 is 10.6 Å². The van der Waals surface area contributed by atoms with Gasteiger partial charge in [-0.2, -0.15) is 13.2 Å². The minimum atomic E-state index is -4.53. The lowest BCUT2D eigenvalue weighted by molar-refractivity contribution is -0.137. The summed E-state index contributed by atoms with van der Waals surface area (Å²) in [5, 5.41) is 20.3. The highest BCUT2D eigenvalue weighted by molar-refractivity contribution is 5.92. The Hall–Kier alpha value is -4.69. The molecule has 3 aromatic heterocycles. The zero-order valence-electron chi connectivity index (χ0n) is 21.3. The van der Waals surface area contributed by atoms with E-state index < -0.39 is 29.7 Å². The first kappa shape index (κ1) is 28.3. The van der Waals surface area contributed by atoms with Crippen molar-refractivity contribution in [3.63, 3.8) is 0 Å². The van der Waals surface area contributed by atoms with Gasteiger partial charge in [0.25, 0.3) is 11.8 Å². The number of benzene rings is 1. The van der Waals surface area contributed by atoms with Crippen LogP contribution < -0.4 is 10.6 Å². The lowest BCUT2D eigenvalue weighted by Gasteiger charge is -2.08. The average molecular weight is 560 g/mol. The third-order valence-corrected chi connectivity index (χ3v) is 5.71. The smallest absolute Gasteiger partial charge is 0.347 e. The molecule has 0 saturated carbocycles. The quantitative estimate of drug-likeness (QED) is 0.270. The highest BCUT2D eigenvalue weighted by Gasteiger charge is 2.30. The second kappa shape index (κ2) is 12.4. The molecule has 0 radical (unpaired) electrons. The van der Waals surface area contributed by atoms with Gasteiger partial charge in [-0.1, -0.05) is 40.3 Å². The summed E-state index contributed by atoms with van der Waals surface area (Å²) in [5.41, 5.74) is 1.14. The van der Waals surface area contributed by atoms with Crippen molar-refractivity contribution >= 4 is 11.8 Å². The first-order valence-corrected chi connectivity index (χ1v) is 12.2. The van der Waals surface area contributed by atoms with Gasteiger partial charge >= 0.3 is 6.18 Å². The molecule has 0 saturated heterocycles. The van der Waals surface area contributed by atoms with Gasteiger partial charge in [0.15, 0.2) is 11.4 Å². The number of hydrogen-bond donors (Lipinski definition) is 2. The zero-order chi connectivity index (χ0) is 28.7. The fraction of sp³-hybridized carbons (Fsp3) is 0.320. The Bertz CT molecular complexity index is 1470. The Morgan fingerprint density at radius 1 is 0.950 bits per heavy atom. The maximum atomic E-state index is 14.6. The fourth-order valence-electron chi connectivity index (χ4n) is 3.68. The second-order valence-corrected chi connectivity index (χ2v) is 8.97. The van der Waals surface area contributed by atoms with Crippen LogP contribution >= 0.6 is 0 Å². The monoisotopic (exact) mass is 559 g/mol. The topological polar surface area (TPSA) is 133 Å². The number of nitrogens with zero attached hydrogens (tertiary/aromatic N) is 7. The van der Waals surface area contributed by atoms with Crippen LogP contribution in [0.3, 0.4) is 0 Å². The molecule has 0 aliphatic heterocycles. The molecule has 210 valence electrons. The third kappa shape index (κ3) is 7.91. The van der Waals surface area contributed by atoms with Crippen LogP contribution in [0.2, 0.25) is 0 Å². The lowest BCUT2D eigenvalue weighted by atomic mass is 10.1. The molecule has 0 aliphatic carbocycles. The summed E-state index contributed by atoms with van der Waals surface area (Å²) in [6.07, 6.45) is -2.22. The van der Waals surface area contributed by atoms with Gasteiger partial charge in [-0.15, -0.1) is 10.2 Å². The van der Waals surface area contributed by atoms with E-state index in [2.05, 4.69) is 36.2 Å². The van der Waals surface area contributed by atoms with Crippen molar-refractivity contribution in [3.8, 4) is 0 Å². The van der Waals surface area contributed by atoms with Crippen molar-refractivity contribution in [1.82, 2.24) is 45.6 Å². The molecule has 1 atom stereocenters. The molecule has 0 aliphatic rings. The summed E-state index contributed by atoms with van der Waals surface area (Å²) in [4.78, 5) is 28.4. The molecule has 2 N–H and O–H groups in total. The van der Waals surface area contributed by atoms with Gasteiger partial charge in [0.1, 0.15) is 6.17 Å². The van der Waals surface area contributed by atoms with Gasteiger partial charge in [0, 0.05) is 25.7 Å². The highest BCUT2D eigenvalue weighted by atomic mass is 19.4. The van der Waals surface area contributed by atoms with E-state index in [1.54, 1.807) is 0 Å². The summed E-state index contributed by atoms with van der Waals surface area (Å²) in [7, 11) is 0. The van der Waals surface area contributed by atoms with E-state index >= 15 is 0 Å². The van der Waals surface area contributed by atoms with Gasteiger partial charge in [-0.3, -0.25) is 19.3 Å². The molecule has 3 heterocycles. The summed E-state index contributed by atoms with van der Waals surface area (Å²) >= 11 is 0. The molecular weight excluding hydrogens is 534 g/mol. The summed E-state index contributed by atoms with van der Waals surface area (Å²) < 4.78 is 55.5. The minimum absolute atomic E-state index is 0.0133. The number of hydrogen-bond acceptors (Lipinski definition) is 7. The standard InChI is InChI=1S/C25H25F4N9O2/c1-16-3-2-4-17(9-16)11-31-23(39)21-14-37(35-33-21)8-6-19(26)13-38-15-22(34-36-38)24(40)32-12-20-10-18(5-7-30-20)25(27,28)29/h2-5,7,9-10,14-15,19H,6,8,11-13H2,1H3,(H,31,39)(H,32,40). The molecule has 15 heteroatoms. The van der Waals surface area contributed by atoms with E-state index in [4.69, 9.17) is 0 Å². The first-order chi connectivity index (χ1) is 19.1. The number of amides is 2. The largest absolute Gasteiger partial charge is 0.416 e. The van der Waals surface area contributed by atoms with E-state index in [1.807, 2.05) is 31.2 Å². The first-order valence-electron chi connectivity index (χ1n) is 12.2. The number of alkyl halides is 4. The van der Waals surface area contributed by atoms with Gasteiger partial charge in [-0.05, 0) is 24.6 Å². The van der Waals surface area contributed by atoms with Gasteiger partial charge in [0.05, 0.1) is 36.7 Å². The summed E-state index contributed by atoms with van der Waals surface area (Å²) in [5.74, 6) is -1.10. The van der Waals surface area contributed by atoms with E-state index in [9.17, 15) is 27.2 Å². The Kier molecular flexibility index (Phi) is 8.81. The van der Waals surface area contributed by atoms with Crippen molar-refractivity contribution < 1.29 is 27.2 Å². The Morgan fingerprint density at radius 3 is 2.33 bits per heavy atom. The van der Waals surface area contributed by atoms with Crippen LogP contribution in [0, 0.1) is 6.92 Å². The molecular formula is C25H25F4N9O2. The van der Waals surface area contributed by atoms with Crippen molar-refractivity contribution in [3.05, 3.63) is 88.8 Å². The Morgan fingerprint density at radius 2 is 1.62 bits per heavy atom. The predicted octanol–water partition coefficient (Wildman–Crippen LogP) is 2.88. The number of pyridine rings is 1. The maximum absolute atomic E-state index is 14.6. The van der Waals surface area contributed by atoms with E-state index in [1.165, 1.54) is 17.1 Å². The summed E-state index contributed by atoms with van der Waals surface area (Å²) in [6, 6.07) is 9.38. The van der Waals surface area contributed by atoms with Crippen LogP contribution in [0.1, 0.15) is 49.8 Å². The fourth-order valence-corrected chi connectivity index (χ4v) is 3.68. The van der Waals surface area contributed by atoms with Crippen LogP contribution in [-0.2, 0) is 32.4 Å². The molecule has 4 rings (SSSR count). The molecule has 0 fully saturated rings. The average Bonchev–Trinajstić information content (AvgIpc) is 3.59. The molecule has 1 aromatic carbocycles. The number of aryl methyl sites for hydroxylation is 2. The number of aromatic nitrogens is 7. The third-order valence-electron chi connectivity index (χ3n) is 5.71. The second-order valence-electron chi connectivity index (χ2n) is 8.97. The molecule has 0 bridgehead atoms. The number of carbonyl (C=O) groups is 2. The van der Waals surface area contributed by atoms with Crippen LogP contribution in [0.25, 0.3) is 0 Å². The number of rotatable bonds is 11.